The van der Waals surface area contributed by atoms with Gasteiger partial charge in [0.05, 0.1) is 5.56 Å². The molecule has 1 aromatic rings. The molecular formula is C12H15F3N4. The summed E-state index contributed by atoms with van der Waals surface area (Å²) in [6.45, 7) is 2.14. The predicted molar refractivity (Wildman–Crippen MR) is 65.6 cm³/mol. The highest BCUT2D eigenvalue weighted by molar-refractivity contribution is 5.78. The quantitative estimate of drug-likeness (QED) is 0.672. The number of aromatic nitrogens is 1. The lowest BCUT2D eigenvalue weighted by atomic mass is 10.2. The number of alkyl halides is 3. The van der Waals surface area contributed by atoms with Gasteiger partial charge in [0.2, 0.25) is 0 Å². The van der Waals surface area contributed by atoms with Gasteiger partial charge in [-0.2, -0.15) is 13.2 Å². The number of likely N-dealkylation sites (tertiary alicyclic amines) is 1. The highest BCUT2D eigenvalue weighted by atomic mass is 19.4. The minimum Gasteiger partial charge on any atom is -0.370 e. The SMILES string of the molecule is NC(=NCCc1cc(C(F)(F)F)ccn1)N1CCC1. The summed E-state index contributed by atoms with van der Waals surface area (Å²) < 4.78 is 37.5. The van der Waals surface area contributed by atoms with Crippen molar-refractivity contribution in [2.45, 2.75) is 19.0 Å². The summed E-state index contributed by atoms with van der Waals surface area (Å²) in [5.41, 5.74) is 5.41. The maximum absolute atomic E-state index is 12.5. The Morgan fingerprint density at radius 1 is 1.42 bits per heavy atom. The van der Waals surface area contributed by atoms with Crippen molar-refractivity contribution in [3.63, 3.8) is 0 Å². The molecule has 0 unspecified atom stereocenters. The Hall–Kier alpha value is -1.79. The third-order valence-electron chi connectivity index (χ3n) is 2.97. The fraction of sp³-hybridized carbons (Fsp3) is 0.500. The molecule has 4 nitrogen and oxygen atoms in total. The van der Waals surface area contributed by atoms with Gasteiger partial charge in [0.15, 0.2) is 5.96 Å². The van der Waals surface area contributed by atoms with E-state index in [1.807, 2.05) is 4.90 Å². The lowest BCUT2D eigenvalue weighted by Gasteiger charge is -2.31. The average Bonchev–Trinajstić information content (AvgIpc) is 2.26. The molecule has 0 bridgehead atoms. The molecule has 0 aliphatic carbocycles. The summed E-state index contributed by atoms with van der Waals surface area (Å²) in [5.74, 6) is 0.457. The van der Waals surface area contributed by atoms with Crippen molar-refractivity contribution in [2.24, 2.45) is 10.7 Å². The van der Waals surface area contributed by atoms with Crippen molar-refractivity contribution in [2.75, 3.05) is 19.6 Å². The Morgan fingerprint density at radius 3 is 2.74 bits per heavy atom. The van der Waals surface area contributed by atoms with Gasteiger partial charge in [-0.05, 0) is 18.6 Å². The van der Waals surface area contributed by atoms with E-state index in [1.54, 1.807) is 0 Å². The van der Waals surface area contributed by atoms with Gasteiger partial charge < -0.3 is 10.6 Å². The highest BCUT2D eigenvalue weighted by Crippen LogP contribution is 2.28. The van der Waals surface area contributed by atoms with Crippen molar-refractivity contribution in [1.82, 2.24) is 9.88 Å². The second kappa shape index (κ2) is 5.46. The molecule has 7 heteroatoms. The van der Waals surface area contributed by atoms with Crippen molar-refractivity contribution in [3.8, 4) is 0 Å². The van der Waals surface area contributed by atoms with E-state index >= 15 is 0 Å². The zero-order valence-corrected chi connectivity index (χ0v) is 10.3. The third kappa shape index (κ3) is 3.59. The van der Waals surface area contributed by atoms with Crippen LogP contribution in [0.2, 0.25) is 0 Å². The van der Waals surface area contributed by atoms with Crippen LogP contribution in [-0.4, -0.2) is 35.5 Å². The third-order valence-corrected chi connectivity index (χ3v) is 2.97. The number of halogens is 3. The van der Waals surface area contributed by atoms with Crippen LogP contribution < -0.4 is 5.73 Å². The van der Waals surface area contributed by atoms with Gasteiger partial charge in [0, 0.05) is 37.9 Å². The topological polar surface area (TPSA) is 54.5 Å². The number of nitrogens with zero attached hydrogens (tertiary/aromatic N) is 3. The number of guanidine groups is 1. The van der Waals surface area contributed by atoms with Crippen molar-refractivity contribution in [1.29, 1.82) is 0 Å². The van der Waals surface area contributed by atoms with E-state index in [2.05, 4.69) is 9.98 Å². The number of aliphatic imine (C=N–C) groups is 1. The lowest BCUT2D eigenvalue weighted by molar-refractivity contribution is -0.137. The van der Waals surface area contributed by atoms with Crippen LogP contribution in [0.25, 0.3) is 0 Å². The molecule has 0 spiro atoms. The monoisotopic (exact) mass is 272 g/mol. The molecule has 2 N–H and O–H groups in total. The second-order valence-corrected chi connectivity index (χ2v) is 4.36. The van der Waals surface area contributed by atoms with Crippen LogP contribution in [0.15, 0.2) is 23.3 Å². The van der Waals surface area contributed by atoms with Crippen molar-refractivity contribution < 1.29 is 13.2 Å². The zero-order chi connectivity index (χ0) is 13.9. The Kier molecular flexibility index (Phi) is 3.92. The van der Waals surface area contributed by atoms with Crippen LogP contribution >= 0.6 is 0 Å². The van der Waals surface area contributed by atoms with Crippen molar-refractivity contribution >= 4 is 5.96 Å². The van der Waals surface area contributed by atoms with Gasteiger partial charge in [-0.15, -0.1) is 0 Å². The minimum absolute atomic E-state index is 0.344. The molecule has 0 amide bonds. The summed E-state index contributed by atoms with van der Waals surface area (Å²) in [6, 6.07) is 2.01. The maximum atomic E-state index is 12.5. The van der Waals surface area contributed by atoms with Crippen LogP contribution in [0.5, 0.6) is 0 Å². The van der Waals surface area contributed by atoms with E-state index < -0.39 is 11.7 Å². The highest BCUT2D eigenvalue weighted by Gasteiger charge is 2.30. The molecule has 1 aliphatic rings. The minimum atomic E-state index is -4.34. The standard InChI is InChI=1S/C12H15F3N4/c13-12(14,15)9-2-4-17-10(8-9)3-5-18-11(16)19-6-1-7-19/h2,4,8H,1,3,5-7H2,(H2,16,18). The van der Waals surface area contributed by atoms with Gasteiger partial charge in [0.1, 0.15) is 0 Å². The number of hydrogen-bond donors (Lipinski definition) is 1. The van der Waals surface area contributed by atoms with E-state index in [9.17, 15) is 13.2 Å². The van der Waals surface area contributed by atoms with E-state index in [0.717, 1.165) is 31.6 Å². The summed E-state index contributed by atoms with van der Waals surface area (Å²) in [6.07, 6.45) is -1.72. The summed E-state index contributed by atoms with van der Waals surface area (Å²) in [5, 5.41) is 0. The first kappa shape index (κ1) is 13.6. The Balaban J connectivity index is 1.92. The van der Waals surface area contributed by atoms with Crippen LogP contribution in [0.3, 0.4) is 0 Å². The second-order valence-electron chi connectivity index (χ2n) is 4.36. The molecule has 0 aromatic carbocycles. The summed E-state index contributed by atoms with van der Waals surface area (Å²) >= 11 is 0. The first-order valence-electron chi connectivity index (χ1n) is 6.04. The number of hydrogen-bond acceptors (Lipinski definition) is 2. The van der Waals surface area contributed by atoms with Gasteiger partial charge >= 0.3 is 6.18 Å². The van der Waals surface area contributed by atoms with Crippen LogP contribution in [0.1, 0.15) is 17.7 Å². The van der Waals surface area contributed by atoms with Crippen LogP contribution in [0.4, 0.5) is 13.2 Å². The van der Waals surface area contributed by atoms with Crippen LogP contribution in [-0.2, 0) is 12.6 Å². The first-order chi connectivity index (χ1) is 8.97. The molecule has 1 aliphatic heterocycles. The lowest BCUT2D eigenvalue weighted by Crippen LogP contribution is -2.46. The predicted octanol–water partition coefficient (Wildman–Crippen LogP) is 1.66. The average molecular weight is 272 g/mol. The fourth-order valence-electron chi connectivity index (χ4n) is 1.72. The maximum Gasteiger partial charge on any atom is 0.416 e. The van der Waals surface area contributed by atoms with E-state index in [0.29, 0.717) is 24.6 Å². The first-order valence-corrected chi connectivity index (χ1v) is 6.04. The number of nitrogens with two attached hydrogens (primary N) is 1. The number of pyridine rings is 1. The molecule has 0 radical (unpaired) electrons. The van der Waals surface area contributed by atoms with Gasteiger partial charge in [-0.1, -0.05) is 0 Å². The molecule has 19 heavy (non-hydrogen) atoms. The Bertz CT molecular complexity index is 466. The molecule has 1 saturated heterocycles. The van der Waals surface area contributed by atoms with Gasteiger partial charge in [-0.3, -0.25) is 9.98 Å². The summed E-state index contributed by atoms with van der Waals surface area (Å²) in [4.78, 5) is 9.97. The molecule has 0 atom stereocenters. The molecule has 1 fully saturated rings. The molecule has 1 aromatic heterocycles. The molecule has 0 saturated carbocycles. The Labute approximate surface area is 109 Å². The van der Waals surface area contributed by atoms with E-state index in [1.165, 1.54) is 6.20 Å². The molecular weight excluding hydrogens is 257 g/mol. The van der Waals surface area contributed by atoms with Gasteiger partial charge in [-0.25, -0.2) is 0 Å². The van der Waals surface area contributed by atoms with E-state index in [-0.39, 0.29) is 0 Å². The summed E-state index contributed by atoms with van der Waals surface area (Å²) in [7, 11) is 0. The molecule has 2 heterocycles. The number of rotatable bonds is 3. The zero-order valence-electron chi connectivity index (χ0n) is 10.3. The van der Waals surface area contributed by atoms with E-state index in [4.69, 9.17) is 5.73 Å². The fourth-order valence-corrected chi connectivity index (χ4v) is 1.72. The Morgan fingerprint density at radius 2 is 2.16 bits per heavy atom. The van der Waals surface area contributed by atoms with Crippen LogP contribution in [0, 0.1) is 0 Å². The molecule has 104 valence electrons. The smallest absolute Gasteiger partial charge is 0.370 e. The van der Waals surface area contributed by atoms with Crippen molar-refractivity contribution in [3.05, 3.63) is 29.6 Å². The van der Waals surface area contributed by atoms with Gasteiger partial charge in [0.25, 0.3) is 0 Å². The molecule has 2 rings (SSSR count). The largest absolute Gasteiger partial charge is 0.416 e. The normalized spacial score (nSPS) is 16.4.